The van der Waals surface area contributed by atoms with Crippen LogP contribution in [0.4, 0.5) is 0 Å². The minimum atomic E-state index is 0.00947. The van der Waals surface area contributed by atoms with E-state index in [0.29, 0.717) is 13.0 Å². The van der Waals surface area contributed by atoms with Crippen molar-refractivity contribution in [3.05, 3.63) is 0 Å². The minimum Gasteiger partial charge on any atom is -0.466 e. The molecule has 1 saturated carbocycles. The number of rotatable bonds is 14. The first-order valence-corrected chi connectivity index (χ1v) is 8.98. The topological polar surface area (TPSA) is 26.3 Å². The highest BCUT2D eigenvalue weighted by Crippen LogP contribution is 2.34. The van der Waals surface area contributed by atoms with Crippen LogP contribution in [0, 0.1) is 5.92 Å². The van der Waals surface area contributed by atoms with Crippen LogP contribution in [-0.4, -0.2) is 12.6 Å². The first kappa shape index (κ1) is 17.5. The van der Waals surface area contributed by atoms with Crippen molar-refractivity contribution in [3.8, 4) is 0 Å². The molecule has 0 N–H and O–H groups in total. The van der Waals surface area contributed by atoms with E-state index in [1.807, 2.05) is 0 Å². The van der Waals surface area contributed by atoms with E-state index in [1.165, 1.54) is 70.6 Å². The molecule has 0 radical (unpaired) electrons. The third-order valence-corrected chi connectivity index (χ3v) is 4.20. The van der Waals surface area contributed by atoms with Crippen LogP contribution in [0.15, 0.2) is 0 Å². The van der Waals surface area contributed by atoms with Crippen LogP contribution in [0.25, 0.3) is 0 Å². The van der Waals surface area contributed by atoms with E-state index in [2.05, 4.69) is 6.92 Å². The van der Waals surface area contributed by atoms with Gasteiger partial charge in [0.05, 0.1) is 6.61 Å². The molecule has 1 rings (SSSR count). The van der Waals surface area contributed by atoms with Crippen molar-refractivity contribution in [1.29, 1.82) is 0 Å². The van der Waals surface area contributed by atoms with E-state index >= 15 is 0 Å². The Morgan fingerprint density at radius 3 is 2.30 bits per heavy atom. The van der Waals surface area contributed by atoms with Crippen LogP contribution in [-0.2, 0) is 9.53 Å². The lowest BCUT2D eigenvalue weighted by Gasteiger charge is -2.05. The molecule has 2 nitrogen and oxygen atoms in total. The molecular formula is C18H34O2. The zero-order chi connectivity index (χ0) is 14.5. The Balaban J connectivity index is 1.72. The van der Waals surface area contributed by atoms with Gasteiger partial charge in [-0.15, -0.1) is 0 Å². The second-order valence-electron chi connectivity index (χ2n) is 6.38. The smallest absolute Gasteiger partial charge is 0.305 e. The van der Waals surface area contributed by atoms with E-state index < -0.39 is 0 Å². The van der Waals surface area contributed by atoms with Crippen LogP contribution in [0.2, 0.25) is 0 Å². The van der Waals surface area contributed by atoms with E-state index in [0.717, 1.165) is 18.8 Å². The Labute approximate surface area is 125 Å². The molecule has 0 bridgehead atoms. The highest BCUT2D eigenvalue weighted by molar-refractivity contribution is 5.69. The lowest BCUT2D eigenvalue weighted by atomic mass is 10.1. The zero-order valence-corrected chi connectivity index (χ0v) is 13.5. The predicted octanol–water partition coefficient (Wildman–Crippen LogP) is 5.64. The summed E-state index contributed by atoms with van der Waals surface area (Å²) in [6.07, 6.45) is 17.3. The summed E-state index contributed by atoms with van der Waals surface area (Å²) >= 11 is 0. The molecule has 1 aliphatic rings. The van der Waals surface area contributed by atoms with Crippen LogP contribution in [0.3, 0.4) is 0 Å². The van der Waals surface area contributed by atoms with Gasteiger partial charge in [0.1, 0.15) is 0 Å². The van der Waals surface area contributed by atoms with Crippen LogP contribution in [0.1, 0.15) is 96.8 Å². The molecule has 0 amide bonds. The van der Waals surface area contributed by atoms with Crippen molar-refractivity contribution >= 4 is 5.97 Å². The lowest BCUT2D eigenvalue weighted by molar-refractivity contribution is -0.143. The Morgan fingerprint density at radius 2 is 1.55 bits per heavy atom. The SMILES string of the molecule is CCCCCCCC(=O)OCCCCCCCC1CC1. The van der Waals surface area contributed by atoms with Gasteiger partial charge in [0.25, 0.3) is 0 Å². The summed E-state index contributed by atoms with van der Waals surface area (Å²) in [5.41, 5.74) is 0. The van der Waals surface area contributed by atoms with Gasteiger partial charge in [-0.05, 0) is 18.8 Å². The maximum absolute atomic E-state index is 11.5. The van der Waals surface area contributed by atoms with Gasteiger partial charge in [-0.25, -0.2) is 0 Å². The van der Waals surface area contributed by atoms with Gasteiger partial charge < -0.3 is 4.74 Å². The van der Waals surface area contributed by atoms with Gasteiger partial charge in [0.15, 0.2) is 0 Å². The van der Waals surface area contributed by atoms with Crippen molar-refractivity contribution in [2.45, 2.75) is 96.8 Å². The average Bonchev–Trinajstić information content (AvgIpc) is 3.25. The van der Waals surface area contributed by atoms with E-state index in [9.17, 15) is 4.79 Å². The molecule has 0 aliphatic heterocycles. The fraction of sp³-hybridized carbons (Fsp3) is 0.944. The predicted molar refractivity (Wildman–Crippen MR) is 84.8 cm³/mol. The molecule has 1 fully saturated rings. The number of hydrogen-bond donors (Lipinski definition) is 0. The Morgan fingerprint density at radius 1 is 0.900 bits per heavy atom. The van der Waals surface area contributed by atoms with Gasteiger partial charge in [-0.2, -0.15) is 0 Å². The molecule has 0 atom stereocenters. The van der Waals surface area contributed by atoms with Gasteiger partial charge >= 0.3 is 5.97 Å². The molecule has 0 heterocycles. The number of hydrogen-bond acceptors (Lipinski definition) is 2. The van der Waals surface area contributed by atoms with E-state index in [4.69, 9.17) is 4.74 Å². The Hall–Kier alpha value is -0.530. The summed E-state index contributed by atoms with van der Waals surface area (Å²) in [5.74, 6) is 1.09. The third kappa shape index (κ3) is 11.3. The van der Waals surface area contributed by atoms with Gasteiger partial charge in [0.2, 0.25) is 0 Å². The molecule has 0 spiro atoms. The maximum atomic E-state index is 11.5. The highest BCUT2D eigenvalue weighted by atomic mass is 16.5. The third-order valence-electron chi connectivity index (χ3n) is 4.20. The molecule has 0 aromatic carbocycles. The van der Waals surface area contributed by atoms with Crippen molar-refractivity contribution in [2.24, 2.45) is 5.92 Å². The average molecular weight is 282 g/mol. The second-order valence-corrected chi connectivity index (χ2v) is 6.38. The quantitative estimate of drug-likeness (QED) is 0.304. The molecule has 118 valence electrons. The molecule has 0 aromatic rings. The highest BCUT2D eigenvalue weighted by Gasteiger charge is 2.19. The summed E-state index contributed by atoms with van der Waals surface area (Å²) in [7, 11) is 0. The number of ether oxygens (including phenoxy) is 1. The zero-order valence-electron chi connectivity index (χ0n) is 13.5. The summed E-state index contributed by atoms with van der Waals surface area (Å²) < 4.78 is 5.26. The Kier molecular flexibility index (Phi) is 10.7. The molecule has 0 aromatic heterocycles. The standard InChI is InChI=1S/C18H34O2/c1-2-3-4-6-10-13-18(19)20-16-11-8-5-7-9-12-17-14-15-17/h17H,2-16H2,1H3. The van der Waals surface area contributed by atoms with E-state index in [1.54, 1.807) is 0 Å². The summed E-state index contributed by atoms with van der Waals surface area (Å²) in [6, 6.07) is 0. The second kappa shape index (κ2) is 12.2. The molecule has 20 heavy (non-hydrogen) atoms. The fourth-order valence-electron chi connectivity index (χ4n) is 2.60. The normalized spacial score (nSPS) is 14.4. The fourth-order valence-corrected chi connectivity index (χ4v) is 2.60. The van der Waals surface area contributed by atoms with Gasteiger partial charge in [-0.1, -0.05) is 77.6 Å². The van der Waals surface area contributed by atoms with Crippen molar-refractivity contribution in [1.82, 2.24) is 0 Å². The number of esters is 1. The minimum absolute atomic E-state index is 0.00947. The van der Waals surface area contributed by atoms with Gasteiger partial charge in [0, 0.05) is 6.42 Å². The van der Waals surface area contributed by atoms with E-state index in [-0.39, 0.29) is 5.97 Å². The van der Waals surface area contributed by atoms with Crippen molar-refractivity contribution < 1.29 is 9.53 Å². The summed E-state index contributed by atoms with van der Waals surface area (Å²) in [6.45, 7) is 2.84. The monoisotopic (exact) mass is 282 g/mol. The molecule has 0 unspecified atom stereocenters. The number of unbranched alkanes of at least 4 members (excludes halogenated alkanes) is 8. The van der Waals surface area contributed by atoms with Crippen molar-refractivity contribution in [3.63, 3.8) is 0 Å². The summed E-state index contributed by atoms with van der Waals surface area (Å²) in [5, 5.41) is 0. The van der Waals surface area contributed by atoms with Crippen LogP contribution >= 0.6 is 0 Å². The van der Waals surface area contributed by atoms with Crippen LogP contribution in [0.5, 0.6) is 0 Å². The Bertz CT molecular complexity index is 234. The van der Waals surface area contributed by atoms with Gasteiger partial charge in [-0.3, -0.25) is 4.79 Å². The van der Waals surface area contributed by atoms with Crippen molar-refractivity contribution in [2.75, 3.05) is 6.61 Å². The van der Waals surface area contributed by atoms with Crippen LogP contribution < -0.4 is 0 Å². The number of carbonyl (C=O) groups is 1. The summed E-state index contributed by atoms with van der Waals surface area (Å²) in [4.78, 5) is 11.5. The molecule has 2 heteroatoms. The molecular weight excluding hydrogens is 248 g/mol. The molecule has 1 aliphatic carbocycles. The number of carbonyl (C=O) groups excluding carboxylic acids is 1. The first-order valence-electron chi connectivity index (χ1n) is 8.98. The lowest BCUT2D eigenvalue weighted by Crippen LogP contribution is -2.05. The maximum Gasteiger partial charge on any atom is 0.305 e. The molecule has 0 saturated heterocycles. The largest absolute Gasteiger partial charge is 0.466 e. The first-order chi connectivity index (χ1) is 9.83.